The van der Waals surface area contributed by atoms with Crippen LogP contribution in [0, 0.1) is 17.8 Å². The molecule has 2 aliphatic rings. The van der Waals surface area contributed by atoms with Crippen LogP contribution in [0.25, 0.3) is 0 Å². The highest BCUT2D eigenvalue weighted by Gasteiger charge is 2.21. The number of hydrogen-bond donors (Lipinski definition) is 0. The Morgan fingerprint density at radius 2 is 1.47 bits per heavy atom. The number of amides is 1. The summed E-state index contributed by atoms with van der Waals surface area (Å²) in [6, 6.07) is 4.12. The second-order valence-corrected chi connectivity index (χ2v) is 11.1. The maximum absolute atomic E-state index is 11.5. The summed E-state index contributed by atoms with van der Waals surface area (Å²) in [5.41, 5.74) is 0. The number of nitrogens with zero attached hydrogens (tertiary/aromatic N) is 2. The fourth-order valence-electron chi connectivity index (χ4n) is 3.84. The minimum Gasteiger partial charge on any atom is -0.431 e. The molecule has 1 saturated carbocycles. The van der Waals surface area contributed by atoms with Gasteiger partial charge in [-0.1, -0.05) is 48.0 Å². The number of rotatable bonds is 7. The van der Waals surface area contributed by atoms with Crippen molar-refractivity contribution < 1.29 is 23.8 Å². The molecule has 2 heterocycles. The molecule has 1 amide bonds. The van der Waals surface area contributed by atoms with Crippen LogP contribution in [0.2, 0.25) is 0 Å². The van der Waals surface area contributed by atoms with Crippen LogP contribution in [0.3, 0.4) is 0 Å². The van der Waals surface area contributed by atoms with Gasteiger partial charge < -0.3 is 23.7 Å². The first-order chi connectivity index (χ1) is 17.1. The van der Waals surface area contributed by atoms with Gasteiger partial charge in [-0.3, -0.25) is 4.79 Å². The molecule has 7 heteroatoms. The quantitative estimate of drug-likeness (QED) is 0.391. The van der Waals surface area contributed by atoms with Crippen molar-refractivity contribution in [2.75, 3.05) is 26.3 Å². The SMILES string of the molecule is CC(C)C(C)OC(=O)OC1CCCCC1.CC(C)CC(=O)N1CCOCC1.CC(C)Cn1cccc1. The largest absolute Gasteiger partial charge is 0.508 e. The van der Waals surface area contributed by atoms with Gasteiger partial charge in [-0.15, -0.1) is 0 Å². The molecule has 1 aromatic heterocycles. The van der Waals surface area contributed by atoms with E-state index in [9.17, 15) is 9.59 Å². The molecule has 0 radical (unpaired) electrons. The maximum atomic E-state index is 11.5. The van der Waals surface area contributed by atoms with Gasteiger partial charge in [0.25, 0.3) is 0 Å². The van der Waals surface area contributed by atoms with E-state index in [4.69, 9.17) is 14.2 Å². The highest BCUT2D eigenvalue weighted by Crippen LogP contribution is 2.21. The van der Waals surface area contributed by atoms with E-state index in [1.54, 1.807) is 0 Å². The predicted molar refractivity (Wildman–Crippen MR) is 145 cm³/mol. The van der Waals surface area contributed by atoms with Crippen LogP contribution in [0.1, 0.15) is 87.0 Å². The molecule has 1 aliphatic carbocycles. The van der Waals surface area contributed by atoms with Crippen molar-refractivity contribution in [1.82, 2.24) is 9.47 Å². The molecule has 0 aromatic carbocycles. The van der Waals surface area contributed by atoms with Gasteiger partial charge in [-0.25, -0.2) is 4.79 Å². The van der Waals surface area contributed by atoms with Crippen molar-refractivity contribution in [3.8, 4) is 0 Å². The number of carbonyl (C=O) groups excluding carboxylic acids is 2. The zero-order valence-electron chi connectivity index (χ0n) is 23.9. The van der Waals surface area contributed by atoms with Crippen molar-refractivity contribution in [1.29, 1.82) is 0 Å². The Hall–Kier alpha value is -2.02. The first-order valence-electron chi connectivity index (χ1n) is 13.9. The molecular formula is C29H52N2O5. The normalized spacial score (nSPS) is 17.1. The Kier molecular flexibility index (Phi) is 16.2. The molecule has 208 valence electrons. The van der Waals surface area contributed by atoms with Crippen molar-refractivity contribution in [3.05, 3.63) is 24.5 Å². The van der Waals surface area contributed by atoms with E-state index >= 15 is 0 Å². The third kappa shape index (κ3) is 15.2. The minimum absolute atomic E-state index is 0.0684. The van der Waals surface area contributed by atoms with Crippen molar-refractivity contribution in [2.45, 2.75) is 106 Å². The molecule has 0 spiro atoms. The topological polar surface area (TPSA) is 70.0 Å². The maximum Gasteiger partial charge on any atom is 0.508 e. The average Bonchev–Trinajstić information content (AvgIpc) is 3.33. The van der Waals surface area contributed by atoms with Crippen LogP contribution in [0.15, 0.2) is 24.5 Å². The lowest BCUT2D eigenvalue weighted by Gasteiger charge is -2.27. The summed E-state index contributed by atoms with van der Waals surface area (Å²) < 4.78 is 17.8. The summed E-state index contributed by atoms with van der Waals surface area (Å²) >= 11 is 0. The van der Waals surface area contributed by atoms with Gasteiger partial charge in [-0.05, 0) is 62.5 Å². The van der Waals surface area contributed by atoms with E-state index in [0.29, 0.717) is 31.5 Å². The Bertz CT molecular complexity index is 691. The van der Waals surface area contributed by atoms with Gasteiger partial charge in [0, 0.05) is 38.4 Å². The van der Waals surface area contributed by atoms with Gasteiger partial charge >= 0.3 is 6.16 Å². The van der Waals surface area contributed by atoms with Crippen LogP contribution < -0.4 is 0 Å². The number of carbonyl (C=O) groups is 2. The first kappa shape index (κ1) is 32.0. The van der Waals surface area contributed by atoms with Crippen LogP contribution in [-0.4, -0.2) is 60.0 Å². The Morgan fingerprint density at radius 1 is 0.889 bits per heavy atom. The van der Waals surface area contributed by atoms with E-state index in [0.717, 1.165) is 51.2 Å². The van der Waals surface area contributed by atoms with Gasteiger partial charge in [0.2, 0.25) is 5.91 Å². The van der Waals surface area contributed by atoms with Crippen molar-refractivity contribution in [3.63, 3.8) is 0 Å². The summed E-state index contributed by atoms with van der Waals surface area (Å²) in [6.07, 6.45) is 9.96. The summed E-state index contributed by atoms with van der Waals surface area (Å²) in [4.78, 5) is 24.8. The van der Waals surface area contributed by atoms with Crippen LogP contribution in [0.4, 0.5) is 4.79 Å². The molecule has 1 saturated heterocycles. The highest BCUT2D eigenvalue weighted by molar-refractivity contribution is 5.76. The first-order valence-corrected chi connectivity index (χ1v) is 13.9. The van der Waals surface area contributed by atoms with Crippen LogP contribution >= 0.6 is 0 Å². The van der Waals surface area contributed by atoms with E-state index in [2.05, 4.69) is 56.8 Å². The third-order valence-corrected chi connectivity index (χ3v) is 6.22. The lowest BCUT2D eigenvalue weighted by atomic mass is 9.98. The van der Waals surface area contributed by atoms with E-state index in [1.807, 2.05) is 25.7 Å². The van der Waals surface area contributed by atoms with E-state index in [-0.39, 0.29) is 18.1 Å². The van der Waals surface area contributed by atoms with E-state index in [1.165, 1.54) is 6.42 Å². The zero-order valence-corrected chi connectivity index (χ0v) is 23.9. The molecular weight excluding hydrogens is 456 g/mol. The molecule has 0 N–H and O–H groups in total. The molecule has 1 aliphatic heterocycles. The predicted octanol–water partition coefficient (Wildman–Crippen LogP) is 6.55. The molecule has 3 rings (SSSR count). The number of ether oxygens (including phenoxy) is 3. The number of morpholine rings is 1. The van der Waals surface area contributed by atoms with Crippen LogP contribution in [-0.2, 0) is 25.5 Å². The fourth-order valence-corrected chi connectivity index (χ4v) is 3.84. The smallest absolute Gasteiger partial charge is 0.431 e. The lowest BCUT2D eigenvalue weighted by molar-refractivity contribution is -0.136. The molecule has 1 unspecified atom stereocenters. The van der Waals surface area contributed by atoms with Crippen molar-refractivity contribution >= 4 is 12.1 Å². The van der Waals surface area contributed by atoms with Crippen molar-refractivity contribution in [2.24, 2.45) is 17.8 Å². The monoisotopic (exact) mass is 508 g/mol. The second-order valence-electron chi connectivity index (χ2n) is 11.1. The minimum atomic E-state index is -0.497. The lowest BCUT2D eigenvalue weighted by Crippen LogP contribution is -2.41. The van der Waals surface area contributed by atoms with Crippen LogP contribution in [0.5, 0.6) is 0 Å². The standard InChI is InChI=1S/C12H22O3.C9H17NO2.C8H13N/c1-9(2)10(3)14-12(13)15-11-7-5-4-6-8-11;1-8(2)7-9(11)10-3-5-12-6-4-10;1-8(2)7-9-5-3-4-6-9/h9-11H,4-8H2,1-3H3;8H,3-7H2,1-2H3;3-6,8H,7H2,1-2H3. The average molecular weight is 509 g/mol. The molecule has 2 fully saturated rings. The zero-order chi connectivity index (χ0) is 26.9. The summed E-state index contributed by atoms with van der Waals surface area (Å²) in [6.45, 7) is 18.6. The van der Waals surface area contributed by atoms with Gasteiger partial charge in [0.15, 0.2) is 0 Å². The molecule has 1 atom stereocenters. The fraction of sp³-hybridized carbons (Fsp3) is 0.793. The molecule has 1 aromatic rings. The summed E-state index contributed by atoms with van der Waals surface area (Å²) in [5, 5.41) is 0. The van der Waals surface area contributed by atoms with E-state index < -0.39 is 6.16 Å². The Balaban J connectivity index is 0.000000279. The van der Waals surface area contributed by atoms with Gasteiger partial charge in [-0.2, -0.15) is 0 Å². The molecule has 36 heavy (non-hydrogen) atoms. The Labute approximate surface area is 219 Å². The summed E-state index contributed by atoms with van der Waals surface area (Å²) in [5.74, 6) is 1.81. The van der Waals surface area contributed by atoms with Gasteiger partial charge in [0.1, 0.15) is 12.2 Å². The number of aromatic nitrogens is 1. The Morgan fingerprint density at radius 3 is 1.97 bits per heavy atom. The highest BCUT2D eigenvalue weighted by atomic mass is 16.7. The number of hydrogen-bond acceptors (Lipinski definition) is 5. The summed E-state index contributed by atoms with van der Waals surface area (Å²) in [7, 11) is 0. The molecule has 7 nitrogen and oxygen atoms in total. The molecule has 0 bridgehead atoms. The second kappa shape index (κ2) is 18.3. The third-order valence-electron chi connectivity index (χ3n) is 6.22. The van der Waals surface area contributed by atoms with Gasteiger partial charge in [0.05, 0.1) is 13.2 Å².